The van der Waals surface area contributed by atoms with E-state index in [0.717, 1.165) is 21.2 Å². The lowest BCUT2D eigenvalue weighted by atomic mass is 10.2. The van der Waals surface area contributed by atoms with Crippen LogP contribution in [0.25, 0.3) is 6.08 Å². The van der Waals surface area contributed by atoms with Crippen LogP contribution in [0.3, 0.4) is 0 Å². The number of rotatable bonds is 5. The molecule has 0 unspecified atom stereocenters. The smallest absolute Gasteiger partial charge is 0.363 e. The number of cyclic esters (lactones) is 1. The Morgan fingerprint density at radius 3 is 2.30 bits per heavy atom. The number of nitrogens with zero attached hydrogens (tertiary/aromatic N) is 1. The van der Waals surface area contributed by atoms with Gasteiger partial charge >= 0.3 is 5.97 Å². The Morgan fingerprint density at radius 1 is 0.967 bits per heavy atom. The van der Waals surface area contributed by atoms with Crippen LogP contribution in [0.15, 0.2) is 81.9 Å². The molecule has 0 atom stereocenters. The maximum atomic E-state index is 12.2. The number of aliphatic imine (C=N–C) groups is 1. The molecule has 30 heavy (non-hydrogen) atoms. The molecule has 0 aliphatic carbocycles. The Kier molecular flexibility index (Phi) is 6.23. The molecule has 1 aliphatic rings. The van der Waals surface area contributed by atoms with Crippen molar-refractivity contribution in [3.05, 3.63) is 104 Å². The van der Waals surface area contributed by atoms with Crippen molar-refractivity contribution in [2.24, 2.45) is 4.99 Å². The summed E-state index contributed by atoms with van der Waals surface area (Å²) in [5.41, 5.74) is 2.50. The van der Waals surface area contributed by atoms with Crippen LogP contribution in [-0.2, 0) is 16.1 Å². The van der Waals surface area contributed by atoms with E-state index in [1.807, 2.05) is 36.4 Å². The third-order valence-corrected chi connectivity index (χ3v) is 5.58. The van der Waals surface area contributed by atoms with E-state index in [1.165, 1.54) is 0 Å². The lowest BCUT2D eigenvalue weighted by Gasteiger charge is -2.09. The van der Waals surface area contributed by atoms with E-state index in [0.29, 0.717) is 15.8 Å². The van der Waals surface area contributed by atoms with Gasteiger partial charge in [-0.15, -0.1) is 0 Å². The Morgan fingerprint density at radius 2 is 1.63 bits per heavy atom. The molecule has 3 aromatic carbocycles. The summed E-state index contributed by atoms with van der Waals surface area (Å²) in [5, 5.41) is 1.12. The second-order valence-corrected chi connectivity index (χ2v) is 8.13. The Balaban J connectivity index is 1.47. The van der Waals surface area contributed by atoms with E-state index in [-0.39, 0.29) is 18.2 Å². The molecular weight excluding hydrogens is 489 g/mol. The minimum atomic E-state index is -0.485. The summed E-state index contributed by atoms with van der Waals surface area (Å²) in [4.78, 5) is 16.5. The standard InChI is InChI=1S/C23H14BrCl2NO3/c24-16-8-6-15(7-9-16)22-27-21(23(28)30-22)12-14-4-10-17(11-5-14)29-13-18-19(25)2-1-3-20(18)26/h1-12H,13H2. The number of carbonyl (C=O) groups excluding carboxylic acids is 1. The Labute approximate surface area is 191 Å². The quantitative estimate of drug-likeness (QED) is 0.289. The molecule has 0 N–H and O–H groups in total. The van der Waals surface area contributed by atoms with E-state index < -0.39 is 5.97 Å². The fourth-order valence-electron chi connectivity index (χ4n) is 2.77. The average molecular weight is 503 g/mol. The maximum Gasteiger partial charge on any atom is 0.363 e. The molecule has 0 bridgehead atoms. The van der Waals surface area contributed by atoms with Gasteiger partial charge < -0.3 is 9.47 Å². The lowest BCUT2D eigenvalue weighted by Crippen LogP contribution is -2.05. The van der Waals surface area contributed by atoms with Gasteiger partial charge in [-0.1, -0.05) is 57.3 Å². The van der Waals surface area contributed by atoms with Gasteiger partial charge in [0.2, 0.25) is 5.90 Å². The SMILES string of the molecule is O=C1OC(c2ccc(Br)cc2)=NC1=Cc1ccc(OCc2c(Cl)cccc2Cl)cc1. The van der Waals surface area contributed by atoms with Crippen LogP contribution in [0.4, 0.5) is 0 Å². The van der Waals surface area contributed by atoms with Crippen molar-refractivity contribution in [2.45, 2.75) is 6.61 Å². The average Bonchev–Trinajstić information content (AvgIpc) is 3.09. The second-order valence-electron chi connectivity index (χ2n) is 6.40. The van der Waals surface area contributed by atoms with E-state index in [1.54, 1.807) is 36.4 Å². The van der Waals surface area contributed by atoms with Crippen LogP contribution < -0.4 is 4.74 Å². The zero-order valence-corrected chi connectivity index (χ0v) is 18.5. The van der Waals surface area contributed by atoms with Gasteiger partial charge in [0.15, 0.2) is 5.70 Å². The van der Waals surface area contributed by atoms with Gasteiger partial charge in [0.25, 0.3) is 0 Å². The monoisotopic (exact) mass is 501 g/mol. The maximum absolute atomic E-state index is 12.2. The van der Waals surface area contributed by atoms with Gasteiger partial charge in [0.05, 0.1) is 0 Å². The molecule has 1 heterocycles. The fourth-order valence-corrected chi connectivity index (χ4v) is 3.54. The van der Waals surface area contributed by atoms with E-state index in [9.17, 15) is 4.79 Å². The van der Waals surface area contributed by atoms with E-state index in [2.05, 4.69) is 20.9 Å². The van der Waals surface area contributed by atoms with Gasteiger partial charge in [-0.05, 0) is 60.2 Å². The first-order chi connectivity index (χ1) is 14.5. The van der Waals surface area contributed by atoms with Gasteiger partial charge in [-0.2, -0.15) is 0 Å². The fraction of sp³-hybridized carbons (Fsp3) is 0.0435. The summed E-state index contributed by atoms with van der Waals surface area (Å²) in [6, 6.07) is 20.0. The third kappa shape index (κ3) is 4.75. The molecule has 0 amide bonds. The summed E-state index contributed by atoms with van der Waals surface area (Å²) in [7, 11) is 0. The minimum absolute atomic E-state index is 0.240. The predicted octanol–water partition coefficient (Wildman–Crippen LogP) is 6.68. The molecule has 150 valence electrons. The predicted molar refractivity (Wildman–Crippen MR) is 122 cm³/mol. The number of ether oxygens (including phenoxy) is 2. The van der Waals surface area contributed by atoms with Gasteiger partial charge in [-0.25, -0.2) is 9.79 Å². The molecule has 0 aromatic heterocycles. The normalized spacial score (nSPS) is 14.6. The van der Waals surface area contributed by atoms with Crippen LogP contribution in [0, 0.1) is 0 Å². The summed E-state index contributed by atoms with van der Waals surface area (Å²) in [6.45, 7) is 0.256. The van der Waals surface area contributed by atoms with Crippen molar-refractivity contribution < 1.29 is 14.3 Å². The number of esters is 1. The molecule has 0 radical (unpaired) electrons. The number of halogens is 3. The highest BCUT2D eigenvalue weighted by Crippen LogP contribution is 2.26. The highest BCUT2D eigenvalue weighted by molar-refractivity contribution is 9.10. The van der Waals surface area contributed by atoms with Crippen LogP contribution in [-0.4, -0.2) is 11.9 Å². The minimum Gasteiger partial charge on any atom is -0.489 e. The molecule has 7 heteroatoms. The first kappa shape index (κ1) is 20.7. The Hall–Kier alpha value is -2.60. The summed E-state index contributed by atoms with van der Waals surface area (Å²) in [5.74, 6) is 0.457. The summed E-state index contributed by atoms with van der Waals surface area (Å²) < 4.78 is 12.0. The first-order valence-electron chi connectivity index (χ1n) is 8.94. The van der Waals surface area contributed by atoms with Crippen molar-refractivity contribution >= 4 is 57.1 Å². The molecule has 0 saturated carbocycles. The van der Waals surface area contributed by atoms with Crippen molar-refractivity contribution in [2.75, 3.05) is 0 Å². The molecule has 0 spiro atoms. The molecular formula is C23H14BrCl2NO3. The number of hydrogen-bond donors (Lipinski definition) is 0. The third-order valence-electron chi connectivity index (χ3n) is 4.34. The van der Waals surface area contributed by atoms with Crippen LogP contribution >= 0.6 is 39.1 Å². The van der Waals surface area contributed by atoms with Gasteiger partial charge in [0.1, 0.15) is 12.4 Å². The van der Waals surface area contributed by atoms with Crippen LogP contribution in [0.5, 0.6) is 5.75 Å². The van der Waals surface area contributed by atoms with E-state index >= 15 is 0 Å². The number of hydrogen-bond acceptors (Lipinski definition) is 4. The molecule has 1 aliphatic heterocycles. The van der Waals surface area contributed by atoms with Crippen LogP contribution in [0.1, 0.15) is 16.7 Å². The lowest BCUT2D eigenvalue weighted by molar-refractivity contribution is -0.129. The second kappa shape index (κ2) is 9.04. The first-order valence-corrected chi connectivity index (χ1v) is 10.5. The van der Waals surface area contributed by atoms with Crippen LogP contribution in [0.2, 0.25) is 10.0 Å². The van der Waals surface area contributed by atoms with Crippen molar-refractivity contribution in [1.82, 2.24) is 0 Å². The van der Waals surface area contributed by atoms with Crippen molar-refractivity contribution in [1.29, 1.82) is 0 Å². The number of benzene rings is 3. The molecule has 0 saturated heterocycles. The summed E-state index contributed by atoms with van der Waals surface area (Å²) in [6.07, 6.45) is 1.67. The largest absolute Gasteiger partial charge is 0.489 e. The highest BCUT2D eigenvalue weighted by Gasteiger charge is 2.24. The molecule has 0 fully saturated rings. The zero-order valence-electron chi connectivity index (χ0n) is 15.4. The topological polar surface area (TPSA) is 47.9 Å². The molecule has 3 aromatic rings. The van der Waals surface area contributed by atoms with Crippen molar-refractivity contribution in [3.8, 4) is 5.75 Å². The number of carbonyl (C=O) groups is 1. The van der Waals surface area contributed by atoms with Gasteiger partial charge in [0, 0.05) is 25.6 Å². The highest BCUT2D eigenvalue weighted by atomic mass is 79.9. The van der Waals surface area contributed by atoms with E-state index in [4.69, 9.17) is 32.7 Å². The van der Waals surface area contributed by atoms with Crippen molar-refractivity contribution in [3.63, 3.8) is 0 Å². The van der Waals surface area contributed by atoms with Gasteiger partial charge in [-0.3, -0.25) is 0 Å². The Bertz CT molecular complexity index is 1140. The zero-order chi connectivity index (χ0) is 21.1. The summed E-state index contributed by atoms with van der Waals surface area (Å²) >= 11 is 15.7. The molecule has 4 rings (SSSR count). The molecule has 4 nitrogen and oxygen atoms in total.